The number of hydrazine groups is 1. The highest BCUT2D eigenvalue weighted by atomic mass is 16.5. The number of anilines is 2. The molecule has 25 heavy (non-hydrogen) atoms. The molecule has 0 spiro atoms. The van der Waals surface area contributed by atoms with E-state index >= 15 is 0 Å². The first-order valence-electron chi connectivity index (χ1n) is 9.65. The number of nitrogens with one attached hydrogen (secondary N) is 2. The lowest BCUT2D eigenvalue weighted by atomic mass is 10.1. The van der Waals surface area contributed by atoms with E-state index in [1.54, 1.807) is 0 Å². The maximum atomic E-state index is 5.73. The van der Waals surface area contributed by atoms with Gasteiger partial charge in [-0.25, -0.2) is 0 Å². The van der Waals surface area contributed by atoms with Crippen LogP contribution in [0.1, 0.15) is 57.9 Å². The summed E-state index contributed by atoms with van der Waals surface area (Å²) in [6, 6.07) is 16.7. The fourth-order valence-electron chi connectivity index (χ4n) is 2.65. The molecule has 0 aliphatic heterocycles. The molecule has 0 aromatic heterocycles. The molecule has 3 heteroatoms. The lowest BCUT2D eigenvalue weighted by Gasteiger charge is -2.11. The molecule has 2 aromatic carbocycles. The molecule has 2 aromatic rings. The van der Waals surface area contributed by atoms with Crippen molar-refractivity contribution in [3.05, 3.63) is 54.1 Å². The van der Waals surface area contributed by atoms with Crippen molar-refractivity contribution in [3.8, 4) is 5.75 Å². The fourth-order valence-corrected chi connectivity index (χ4v) is 2.65. The average Bonchev–Trinajstić information content (AvgIpc) is 2.66. The Hall–Kier alpha value is -2.16. The van der Waals surface area contributed by atoms with Crippen LogP contribution in [0.4, 0.5) is 11.4 Å². The Bertz CT molecular complexity index is 578. The van der Waals surface area contributed by atoms with Gasteiger partial charge in [-0.15, -0.1) is 0 Å². The van der Waals surface area contributed by atoms with Crippen molar-refractivity contribution in [2.45, 2.75) is 58.8 Å². The second-order valence-electron chi connectivity index (χ2n) is 6.48. The third-order valence-corrected chi connectivity index (χ3v) is 4.25. The van der Waals surface area contributed by atoms with Crippen LogP contribution in [0.5, 0.6) is 5.75 Å². The van der Waals surface area contributed by atoms with Crippen LogP contribution in [0.15, 0.2) is 48.5 Å². The van der Waals surface area contributed by atoms with E-state index in [0.29, 0.717) is 0 Å². The molecule has 0 radical (unpaired) electrons. The predicted octanol–water partition coefficient (Wildman–Crippen LogP) is 6.43. The summed E-state index contributed by atoms with van der Waals surface area (Å²) in [5, 5.41) is 0. The van der Waals surface area contributed by atoms with Crippen molar-refractivity contribution in [1.82, 2.24) is 0 Å². The van der Waals surface area contributed by atoms with Gasteiger partial charge in [0.15, 0.2) is 0 Å². The first-order valence-corrected chi connectivity index (χ1v) is 9.65. The average molecular weight is 341 g/mol. The third-order valence-electron chi connectivity index (χ3n) is 4.25. The van der Waals surface area contributed by atoms with E-state index in [2.05, 4.69) is 49.0 Å². The summed E-state index contributed by atoms with van der Waals surface area (Å²) >= 11 is 0. The molecular weight excluding hydrogens is 308 g/mol. The predicted molar refractivity (Wildman–Crippen MR) is 108 cm³/mol. The highest BCUT2D eigenvalue weighted by Crippen LogP contribution is 2.17. The summed E-state index contributed by atoms with van der Waals surface area (Å²) in [5.74, 6) is 0.929. The molecule has 0 atom stereocenters. The van der Waals surface area contributed by atoms with Crippen LogP contribution < -0.4 is 15.6 Å². The van der Waals surface area contributed by atoms with Gasteiger partial charge in [0.2, 0.25) is 0 Å². The van der Waals surface area contributed by atoms with Gasteiger partial charge in [-0.3, -0.25) is 0 Å². The number of hydrogen-bond acceptors (Lipinski definition) is 3. The van der Waals surface area contributed by atoms with Gasteiger partial charge in [-0.2, -0.15) is 0 Å². The van der Waals surface area contributed by atoms with Crippen molar-refractivity contribution < 1.29 is 4.74 Å². The van der Waals surface area contributed by atoms with E-state index in [9.17, 15) is 0 Å². The highest BCUT2D eigenvalue weighted by Gasteiger charge is 1.97. The van der Waals surface area contributed by atoms with E-state index in [4.69, 9.17) is 4.74 Å². The molecule has 136 valence electrons. The highest BCUT2D eigenvalue weighted by molar-refractivity contribution is 5.54. The molecule has 0 amide bonds. The van der Waals surface area contributed by atoms with Crippen LogP contribution in [0.2, 0.25) is 0 Å². The fraction of sp³-hybridized carbons (Fsp3) is 0.455. The first kappa shape index (κ1) is 19.2. The minimum absolute atomic E-state index is 0.795. The van der Waals surface area contributed by atoms with Crippen molar-refractivity contribution >= 4 is 11.4 Å². The van der Waals surface area contributed by atoms with Gasteiger partial charge in [0.05, 0.1) is 18.0 Å². The largest absolute Gasteiger partial charge is 0.494 e. The third kappa shape index (κ3) is 7.51. The SMILES string of the molecule is CCCCCOc1ccc(NNc2ccc(CCCCC)cc2)cc1. The van der Waals surface area contributed by atoms with Crippen LogP contribution in [0.3, 0.4) is 0 Å². The summed E-state index contributed by atoms with van der Waals surface area (Å²) in [6.07, 6.45) is 8.58. The van der Waals surface area contributed by atoms with E-state index in [1.807, 2.05) is 24.3 Å². The van der Waals surface area contributed by atoms with Gasteiger partial charge >= 0.3 is 0 Å². The second-order valence-corrected chi connectivity index (χ2v) is 6.48. The van der Waals surface area contributed by atoms with Crippen LogP contribution >= 0.6 is 0 Å². The van der Waals surface area contributed by atoms with E-state index in [1.165, 1.54) is 44.1 Å². The first-order chi connectivity index (χ1) is 12.3. The summed E-state index contributed by atoms with van der Waals surface area (Å²) < 4.78 is 5.73. The Labute approximate surface area is 152 Å². The Morgan fingerprint density at radius 3 is 1.84 bits per heavy atom. The van der Waals surface area contributed by atoms with E-state index < -0.39 is 0 Å². The Kier molecular flexibility index (Phi) is 8.74. The molecule has 2 rings (SSSR count). The normalized spacial score (nSPS) is 10.5. The molecule has 0 unspecified atom stereocenters. The molecule has 0 heterocycles. The maximum Gasteiger partial charge on any atom is 0.119 e. The molecule has 0 bridgehead atoms. The van der Waals surface area contributed by atoms with Gasteiger partial charge in [0.1, 0.15) is 5.75 Å². The van der Waals surface area contributed by atoms with Crippen molar-refractivity contribution in [2.24, 2.45) is 0 Å². The number of ether oxygens (including phenoxy) is 1. The minimum atomic E-state index is 0.795. The topological polar surface area (TPSA) is 33.3 Å². The smallest absolute Gasteiger partial charge is 0.119 e. The second kappa shape index (κ2) is 11.4. The number of hydrogen-bond donors (Lipinski definition) is 2. The number of rotatable bonds is 12. The maximum absolute atomic E-state index is 5.73. The summed E-state index contributed by atoms with van der Waals surface area (Å²) in [6.45, 7) is 5.24. The number of benzene rings is 2. The lowest BCUT2D eigenvalue weighted by Crippen LogP contribution is -2.08. The van der Waals surface area contributed by atoms with Crippen LogP contribution in [0.25, 0.3) is 0 Å². The van der Waals surface area contributed by atoms with E-state index in [0.717, 1.165) is 30.2 Å². The van der Waals surface area contributed by atoms with Gasteiger partial charge in [-0.1, -0.05) is 51.7 Å². The summed E-state index contributed by atoms with van der Waals surface area (Å²) in [4.78, 5) is 0. The quantitative estimate of drug-likeness (QED) is 0.345. The van der Waals surface area contributed by atoms with Crippen molar-refractivity contribution in [3.63, 3.8) is 0 Å². The van der Waals surface area contributed by atoms with Crippen molar-refractivity contribution in [2.75, 3.05) is 17.5 Å². The zero-order valence-electron chi connectivity index (χ0n) is 15.7. The van der Waals surface area contributed by atoms with Gasteiger partial charge in [0, 0.05) is 0 Å². The molecule has 0 aliphatic rings. The standard InChI is InChI=1S/C22H32N2O/c1-3-5-7-9-19-10-12-20(13-11-19)23-24-21-14-16-22(17-15-21)25-18-8-6-4-2/h10-17,23-24H,3-9,18H2,1-2H3. The van der Waals surface area contributed by atoms with Crippen LogP contribution in [-0.4, -0.2) is 6.61 Å². The summed E-state index contributed by atoms with van der Waals surface area (Å²) in [5.41, 5.74) is 9.97. The van der Waals surface area contributed by atoms with Gasteiger partial charge in [-0.05, 0) is 61.2 Å². The number of aryl methyl sites for hydroxylation is 1. The molecule has 0 fully saturated rings. The molecule has 3 nitrogen and oxygen atoms in total. The minimum Gasteiger partial charge on any atom is -0.494 e. The molecule has 2 N–H and O–H groups in total. The van der Waals surface area contributed by atoms with E-state index in [-0.39, 0.29) is 0 Å². The molecular formula is C22H32N2O. The Morgan fingerprint density at radius 1 is 0.680 bits per heavy atom. The zero-order valence-corrected chi connectivity index (χ0v) is 15.7. The van der Waals surface area contributed by atoms with Gasteiger partial charge in [0.25, 0.3) is 0 Å². The number of unbranched alkanes of at least 4 members (excludes halogenated alkanes) is 4. The lowest BCUT2D eigenvalue weighted by molar-refractivity contribution is 0.306. The van der Waals surface area contributed by atoms with Gasteiger partial charge < -0.3 is 15.6 Å². The molecule has 0 saturated carbocycles. The Balaban J connectivity index is 1.73. The molecule has 0 aliphatic carbocycles. The zero-order chi connectivity index (χ0) is 17.7. The molecule has 0 saturated heterocycles. The van der Waals surface area contributed by atoms with Crippen LogP contribution in [0, 0.1) is 0 Å². The van der Waals surface area contributed by atoms with Crippen LogP contribution in [-0.2, 0) is 6.42 Å². The Morgan fingerprint density at radius 2 is 1.24 bits per heavy atom. The monoisotopic (exact) mass is 340 g/mol. The van der Waals surface area contributed by atoms with Crippen molar-refractivity contribution in [1.29, 1.82) is 0 Å². The summed E-state index contributed by atoms with van der Waals surface area (Å²) in [7, 11) is 0.